The summed E-state index contributed by atoms with van der Waals surface area (Å²) in [6, 6.07) is 6.18. The lowest BCUT2D eigenvalue weighted by Crippen LogP contribution is -2.26. The number of carbonyl (C=O) groups excluding carboxylic acids is 1. The van der Waals surface area contributed by atoms with Gasteiger partial charge in [0.1, 0.15) is 11.6 Å². The van der Waals surface area contributed by atoms with Crippen molar-refractivity contribution in [3.63, 3.8) is 0 Å². The molecule has 0 atom stereocenters. The number of rotatable bonds is 10. The summed E-state index contributed by atoms with van der Waals surface area (Å²) in [5.41, 5.74) is 9.48. The number of nitrogen functional groups attached to an aromatic ring is 1. The Morgan fingerprint density at radius 1 is 1.24 bits per heavy atom. The second-order valence-corrected chi connectivity index (χ2v) is 7.20. The van der Waals surface area contributed by atoms with Crippen LogP contribution in [0.3, 0.4) is 0 Å². The number of hydrogen-bond acceptors (Lipinski definition) is 5. The molecule has 2 aromatic heterocycles. The molecular weight excluding hydrogens is 421 g/mol. The second kappa shape index (κ2) is 11.0. The number of ether oxygens (including phenoxy) is 1. The van der Waals surface area contributed by atoms with E-state index in [0.29, 0.717) is 24.3 Å². The number of nitrogens with two attached hydrogens (primary N) is 1. The third-order valence-electron chi connectivity index (χ3n) is 4.98. The van der Waals surface area contributed by atoms with Gasteiger partial charge in [0.25, 0.3) is 5.91 Å². The van der Waals surface area contributed by atoms with Gasteiger partial charge in [-0.15, -0.1) is 0 Å². The van der Waals surface area contributed by atoms with Crippen molar-refractivity contribution in [2.75, 3.05) is 26.0 Å². The highest BCUT2D eigenvalue weighted by Gasteiger charge is 2.15. The molecule has 0 spiro atoms. The van der Waals surface area contributed by atoms with Crippen molar-refractivity contribution in [3.8, 4) is 22.3 Å². The van der Waals surface area contributed by atoms with Crippen molar-refractivity contribution < 1.29 is 13.9 Å². The number of allylic oxidation sites excluding steroid dienone is 2. The number of benzene rings is 1. The van der Waals surface area contributed by atoms with Gasteiger partial charge in [-0.25, -0.2) is 9.37 Å². The Hall–Kier alpha value is -4.04. The molecule has 1 amide bonds. The van der Waals surface area contributed by atoms with E-state index in [9.17, 15) is 9.18 Å². The van der Waals surface area contributed by atoms with E-state index in [0.717, 1.165) is 16.7 Å². The number of halogens is 1. The predicted octanol–water partition coefficient (Wildman–Crippen LogP) is 4.01. The summed E-state index contributed by atoms with van der Waals surface area (Å²) in [4.78, 5) is 16.7. The molecule has 8 heteroatoms. The van der Waals surface area contributed by atoms with Crippen molar-refractivity contribution in [1.82, 2.24) is 20.1 Å². The van der Waals surface area contributed by atoms with E-state index in [1.807, 2.05) is 12.3 Å². The summed E-state index contributed by atoms with van der Waals surface area (Å²) in [6.07, 6.45) is 10.2. The molecule has 3 aromatic rings. The molecule has 0 radical (unpaired) electrons. The first kappa shape index (κ1) is 23.6. The van der Waals surface area contributed by atoms with Gasteiger partial charge in [-0.1, -0.05) is 37.5 Å². The Bertz CT molecular complexity index is 1200. The van der Waals surface area contributed by atoms with Crippen LogP contribution in [0.1, 0.15) is 10.4 Å². The molecule has 0 fully saturated rings. The van der Waals surface area contributed by atoms with Gasteiger partial charge in [-0.2, -0.15) is 5.10 Å². The highest BCUT2D eigenvalue weighted by molar-refractivity contribution is 5.95. The number of nitrogens with zero attached hydrogens (tertiary/aromatic N) is 3. The van der Waals surface area contributed by atoms with E-state index < -0.39 is 11.7 Å². The smallest absolute Gasteiger partial charge is 0.254 e. The minimum absolute atomic E-state index is 0.0668. The summed E-state index contributed by atoms with van der Waals surface area (Å²) >= 11 is 0. The third kappa shape index (κ3) is 5.81. The van der Waals surface area contributed by atoms with Gasteiger partial charge in [0.05, 0.1) is 24.9 Å². The average Bonchev–Trinajstić information content (AvgIpc) is 3.29. The van der Waals surface area contributed by atoms with Crippen LogP contribution in [0.15, 0.2) is 79.8 Å². The second-order valence-electron chi connectivity index (χ2n) is 7.20. The lowest BCUT2D eigenvalue weighted by molar-refractivity contribution is 0.0953. The van der Waals surface area contributed by atoms with Crippen molar-refractivity contribution in [3.05, 3.63) is 91.2 Å². The number of amides is 1. The Labute approximate surface area is 192 Å². The highest BCUT2D eigenvalue weighted by Crippen LogP contribution is 2.30. The lowest BCUT2D eigenvalue weighted by atomic mass is 10.0. The molecule has 0 aliphatic carbocycles. The first-order valence-electron chi connectivity index (χ1n) is 10.3. The van der Waals surface area contributed by atoms with Crippen molar-refractivity contribution in [2.24, 2.45) is 0 Å². The fourth-order valence-corrected chi connectivity index (χ4v) is 3.18. The third-order valence-corrected chi connectivity index (χ3v) is 4.98. The van der Waals surface area contributed by atoms with E-state index in [4.69, 9.17) is 10.5 Å². The number of nitrogens with one attached hydrogen (secondary N) is 1. The van der Waals surface area contributed by atoms with Crippen LogP contribution >= 0.6 is 0 Å². The minimum atomic E-state index is -0.657. The molecule has 0 aliphatic rings. The van der Waals surface area contributed by atoms with Crippen LogP contribution in [0, 0.1) is 5.82 Å². The molecule has 7 nitrogen and oxygen atoms in total. The standard InChI is InChI=1S/C25H26FN5O2/c1-4-6-17(5-2)13-29-25(32)21-8-7-18(12-23(21)26)22-11-19(14-28-24(22)27)20-15-30-31(16-20)9-10-33-3/h4-8,11-12,14-16H,1-2,9-10,13H2,3H3,(H2,27,28)(H,29,32)/b17-6+. The van der Waals surface area contributed by atoms with Gasteiger partial charge in [-0.3, -0.25) is 9.48 Å². The predicted molar refractivity (Wildman–Crippen MR) is 128 cm³/mol. The first-order valence-corrected chi connectivity index (χ1v) is 10.3. The van der Waals surface area contributed by atoms with E-state index in [-0.39, 0.29) is 17.9 Å². The van der Waals surface area contributed by atoms with Crippen molar-refractivity contribution in [2.45, 2.75) is 6.54 Å². The topological polar surface area (TPSA) is 95.1 Å². The SMILES string of the molecule is C=C/C=C(\C=C)CNC(=O)c1ccc(-c2cc(-c3cnn(CCOC)c3)cnc2N)cc1F. The zero-order valence-electron chi connectivity index (χ0n) is 18.4. The number of anilines is 1. The quantitative estimate of drug-likeness (QED) is 0.458. The summed E-state index contributed by atoms with van der Waals surface area (Å²) in [6.45, 7) is 8.67. The molecule has 0 unspecified atom stereocenters. The van der Waals surface area contributed by atoms with E-state index in [1.165, 1.54) is 12.1 Å². The Morgan fingerprint density at radius 3 is 2.76 bits per heavy atom. The van der Waals surface area contributed by atoms with Crippen LogP contribution in [0.2, 0.25) is 0 Å². The van der Waals surface area contributed by atoms with Crippen LogP contribution in [-0.2, 0) is 11.3 Å². The van der Waals surface area contributed by atoms with Crippen LogP contribution in [-0.4, -0.2) is 40.9 Å². The molecule has 1 aromatic carbocycles. The van der Waals surface area contributed by atoms with E-state index in [1.54, 1.807) is 48.5 Å². The molecular formula is C25H26FN5O2. The number of hydrogen-bond donors (Lipinski definition) is 2. The zero-order valence-corrected chi connectivity index (χ0v) is 18.4. The molecule has 0 saturated carbocycles. The maximum absolute atomic E-state index is 14.8. The van der Waals surface area contributed by atoms with Gasteiger partial charge in [-0.05, 0) is 29.3 Å². The normalized spacial score (nSPS) is 11.3. The van der Waals surface area contributed by atoms with Gasteiger partial charge >= 0.3 is 0 Å². The average molecular weight is 448 g/mol. The zero-order chi connectivity index (χ0) is 23.8. The molecule has 170 valence electrons. The van der Waals surface area contributed by atoms with E-state index in [2.05, 4.69) is 28.6 Å². The van der Waals surface area contributed by atoms with Gasteiger partial charge < -0.3 is 15.8 Å². The monoisotopic (exact) mass is 447 g/mol. The minimum Gasteiger partial charge on any atom is -0.383 e. The molecule has 3 N–H and O–H groups in total. The van der Waals surface area contributed by atoms with Gasteiger partial charge in [0.2, 0.25) is 0 Å². The van der Waals surface area contributed by atoms with Crippen LogP contribution < -0.4 is 11.1 Å². The number of methoxy groups -OCH3 is 1. The summed E-state index contributed by atoms with van der Waals surface area (Å²) < 4.78 is 21.7. The Balaban J connectivity index is 1.83. The fourth-order valence-electron chi connectivity index (χ4n) is 3.18. The van der Waals surface area contributed by atoms with Crippen molar-refractivity contribution in [1.29, 1.82) is 0 Å². The number of pyridine rings is 1. The Morgan fingerprint density at radius 2 is 2.06 bits per heavy atom. The van der Waals surface area contributed by atoms with Gasteiger partial charge in [0, 0.05) is 42.7 Å². The van der Waals surface area contributed by atoms with Crippen LogP contribution in [0.4, 0.5) is 10.2 Å². The molecule has 33 heavy (non-hydrogen) atoms. The number of aromatic nitrogens is 3. The van der Waals surface area contributed by atoms with Gasteiger partial charge in [0.15, 0.2) is 0 Å². The lowest BCUT2D eigenvalue weighted by Gasteiger charge is -2.10. The summed E-state index contributed by atoms with van der Waals surface area (Å²) in [5, 5.41) is 6.98. The summed E-state index contributed by atoms with van der Waals surface area (Å²) in [7, 11) is 1.63. The molecule has 0 bridgehead atoms. The molecule has 0 aliphatic heterocycles. The van der Waals surface area contributed by atoms with E-state index >= 15 is 0 Å². The fraction of sp³-hybridized carbons (Fsp3) is 0.160. The first-order chi connectivity index (χ1) is 16.0. The van der Waals surface area contributed by atoms with Crippen molar-refractivity contribution >= 4 is 11.7 Å². The van der Waals surface area contributed by atoms with Crippen LogP contribution in [0.5, 0.6) is 0 Å². The molecule has 3 rings (SSSR count). The summed E-state index contributed by atoms with van der Waals surface area (Å²) in [5.74, 6) is -0.929. The Kier molecular flexibility index (Phi) is 7.88. The molecule has 0 saturated heterocycles. The largest absolute Gasteiger partial charge is 0.383 e. The molecule has 2 heterocycles. The maximum Gasteiger partial charge on any atom is 0.254 e. The van der Waals surface area contributed by atoms with Crippen LogP contribution in [0.25, 0.3) is 22.3 Å². The maximum atomic E-state index is 14.8. The highest BCUT2D eigenvalue weighted by atomic mass is 19.1. The number of carbonyl (C=O) groups is 1.